The average molecular weight is 375 g/mol. The van der Waals surface area contributed by atoms with E-state index in [4.69, 9.17) is 4.74 Å². The van der Waals surface area contributed by atoms with Crippen molar-refractivity contribution in [3.8, 4) is 0 Å². The van der Waals surface area contributed by atoms with Crippen molar-refractivity contribution in [3.63, 3.8) is 0 Å². The molecule has 1 saturated carbocycles. The van der Waals surface area contributed by atoms with Crippen molar-refractivity contribution in [3.05, 3.63) is 47.8 Å². The van der Waals surface area contributed by atoms with Crippen LogP contribution in [0, 0.1) is 12.8 Å². The minimum atomic E-state index is -3.53. The van der Waals surface area contributed by atoms with Gasteiger partial charge in [0.1, 0.15) is 0 Å². The van der Waals surface area contributed by atoms with Crippen LogP contribution in [0.2, 0.25) is 0 Å². The van der Waals surface area contributed by atoms with E-state index >= 15 is 0 Å². The number of nitrogens with zero attached hydrogens (tertiary/aromatic N) is 3. The Morgan fingerprint density at radius 2 is 1.92 bits per heavy atom. The SMILES string of the molecule is Cc1ccc(S(=O)(=O)N2CC(c3cnn(CC4CC4)c3)O[C@H](C)C2)cc1. The maximum absolute atomic E-state index is 13.0. The Labute approximate surface area is 154 Å². The van der Waals surface area contributed by atoms with Crippen LogP contribution in [0.3, 0.4) is 0 Å². The standard InChI is InChI=1S/C19H25N3O3S/c1-14-3-7-18(8-4-14)26(23,24)22-10-15(2)25-19(13-22)17-9-20-21(12-17)11-16-5-6-16/h3-4,7-9,12,15-16,19H,5-6,10-11,13H2,1-2H3/t15-,19?/m1/s1. The van der Waals surface area contributed by atoms with Crippen molar-refractivity contribution in [2.45, 2.75) is 50.3 Å². The Balaban J connectivity index is 1.54. The number of hydrogen-bond donors (Lipinski definition) is 0. The zero-order valence-electron chi connectivity index (χ0n) is 15.2. The lowest BCUT2D eigenvalue weighted by atomic mass is 10.1. The van der Waals surface area contributed by atoms with Gasteiger partial charge in [0.2, 0.25) is 10.0 Å². The monoisotopic (exact) mass is 375 g/mol. The van der Waals surface area contributed by atoms with E-state index in [2.05, 4.69) is 5.10 Å². The second-order valence-corrected chi connectivity index (χ2v) is 9.45. The molecule has 140 valence electrons. The zero-order chi connectivity index (χ0) is 18.3. The predicted molar refractivity (Wildman–Crippen MR) is 98.2 cm³/mol. The highest BCUT2D eigenvalue weighted by Crippen LogP contribution is 2.32. The van der Waals surface area contributed by atoms with Crippen molar-refractivity contribution in [1.29, 1.82) is 0 Å². The van der Waals surface area contributed by atoms with Crippen molar-refractivity contribution in [2.24, 2.45) is 5.92 Å². The molecule has 6 nitrogen and oxygen atoms in total. The van der Waals surface area contributed by atoms with Crippen LogP contribution in [0.1, 0.15) is 37.0 Å². The van der Waals surface area contributed by atoms with Gasteiger partial charge in [0, 0.05) is 31.4 Å². The Hall–Kier alpha value is -1.70. The third-order valence-electron chi connectivity index (χ3n) is 5.05. The van der Waals surface area contributed by atoms with Crippen LogP contribution in [-0.4, -0.2) is 41.7 Å². The minimum absolute atomic E-state index is 0.166. The molecule has 1 saturated heterocycles. The van der Waals surface area contributed by atoms with Crippen LogP contribution in [0.25, 0.3) is 0 Å². The summed E-state index contributed by atoms with van der Waals surface area (Å²) in [4.78, 5) is 0.334. The highest BCUT2D eigenvalue weighted by molar-refractivity contribution is 7.89. The Morgan fingerprint density at radius 1 is 1.19 bits per heavy atom. The zero-order valence-corrected chi connectivity index (χ0v) is 16.0. The van der Waals surface area contributed by atoms with E-state index in [0.717, 1.165) is 23.6 Å². The van der Waals surface area contributed by atoms with Gasteiger partial charge in [-0.3, -0.25) is 4.68 Å². The lowest BCUT2D eigenvalue weighted by molar-refractivity contribution is -0.0557. The highest BCUT2D eigenvalue weighted by atomic mass is 32.2. The first-order valence-corrected chi connectivity index (χ1v) is 10.6. The predicted octanol–water partition coefficient (Wildman–Crippen LogP) is 2.75. The molecule has 2 atom stereocenters. The Morgan fingerprint density at radius 3 is 2.62 bits per heavy atom. The van der Waals surface area contributed by atoms with Crippen LogP contribution in [-0.2, 0) is 21.3 Å². The summed E-state index contributed by atoms with van der Waals surface area (Å²) >= 11 is 0. The molecule has 2 fully saturated rings. The highest BCUT2D eigenvalue weighted by Gasteiger charge is 2.35. The molecule has 2 heterocycles. The normalized spacial score (nSPS) is 24.7. The number of aromatic nitrogens is 2. The average Bonchev–Trinajstić information content (AvgIpc) is 3.29. The second kappa shape index (κ2) is 6.79. The molecular weight excluding hydrogens is 350 g/mol. The summed E-state index contributed by atoms with van der Waals surface area (Å²) in [6.45, 7) is 5.48. The fourth-order valence-electron chi connectivity index (χ4n) is 3.36. The van der Waals surface area contributed by atoms with E-state index in [1.165, 1.54) is 17.1 Å². The number of sulfonamides is 1. The molecule has 7 heteroatoms. The number of aryl methyl sites for hydroxylation is 1. The molecule has 2 aliphatic rings. The molecule has 0 bridgehead atoms. The molecule has 0 amide bonds. The molecule has 1 aliphatic heterocycles. The van der Waals surface area contributed by atoms with Crippen molar-refractivity contribution < 1.29 is 13.2 Å². The molecular formula is C19H25N3O3S. The molecule has 1 aromatic heterocycles. The summed E-state index contributed by atoms with van der Waals surface area (Å²) < 4.78 is 35.6. The summed E-state index contributed by atoms with van der Waals surface area (Å²) in [6.07, 6.45) is 5.90. The van der Waals surface area contributed by atoms with Gasteiger partial charge < -0.3 is 4.74 Å². The first kappa shape index (κ1) is 17.7. The van der Waals surface area contributed by atoms with Crippen LogP contribution >= 0.6 is 0 Å². The van der Waals surface area contributed by atoms with E-state index in [1.54, 1.807) is 12.1 Å². The number of benzene rings is 1. The largest absolute Gasteiger partial charge is 0.368 e. The van der Waals surface area contributed by atoms with Gasteiger partial charge in [0.15, 0.2) is 0 Å². The number of morpholine rings is 1. The maximum Gasteiger partial charge on any atom is 0.243 e. The lowest BCUT2D eigenvalue weighted by Crippen LogP contribution is -2.45. The Kier molecular flexibility index (Phi) is 4.62. The van der Waals surface area contributed by atoms with Gasteiger partial charge in [-0.05, 0) is 44.7 Å². The van der Waals surface area contributed by atoms with Crippen LogP contribution in [0.4, 0.5) is 0 Å². The third-order valence-corrected chi connectivity index (χ3v) is 6.90. The lowest BCUT2D eigenvalue weighted by Gasteiger charge is -2.35. The van der Waals surface area contributed by atoms with Crippen LogP contribution in [0.5, 0.6) is 0 Å². The number of ether oxygens (including phenoxy) is 1. The molecule has 1 unspecified atom stereocenters. The number of rotatable bonds is 5. The number of hydrogen-bond acceptors (Lipinski definition) is 4. The minimum Gasteiger partial charge on any atom is -0.368 e. The molecule has 0 spiro atoms. The quantitative estimate of drug-likeness (QED) is 0.806. The fourth-order valence-corrected chi connectivity index (χ4v) is 4.88. The van der Waals surface area contributed by atoms with E-state index < -0.39 is 10.0 Å². The Bertz CT molecular complexity index is 872. The van der Waals surface area contributed by atoms with Gasteiger partial charge in [-0.15, -0.1) is 0 Å². The summed E-state index contributed by atoms with van der Waals surface area (Å²) in [6, 6.07) is 7.01. The van der Waals surface area contributed by atoms with E-state index in [-0.39, 0.29) is 12.2 Å². The second-order valence-electron chi connectivity index (χ2n) is 7.51. The molecule has 4 rings (SSSR count). The summed E-state index contributed by atoms with van der Waals surface area (Å²) in [7, 11) is -3.53. The van der Waals surface area contributed by atoms with E-state index in [1.807, 2.05) is 43.1 Å². The van der Waals surface area contributed by atoms with Gasteiger partial charge in [0.05, 0.1) is 23.3 Å². The maximum atomic E-state index is 13.0. The van der Waals surface area contributed by atoms with Crippen molar-refractivity contribution in [2.75, 3.05) is 13.1 Å². The van der Waals surface area contributed by atoms with Crippen molar-refractivity contribution >= 4 is 10.0 Å². The molecule has 26 heavy (non-hydrogen) atoms. The molecule has 0 radical (unpaired) electrons. The van der Waals surface area contributed by atoms with Crippen LogP contribution in [0.15, 0.2) is 41.6 Å². The summed E-state index contributed by atoms with van der Waals surface area (Å²) in [5, 5.41) is 4.42. The third kappa shape index (κ3) is 3.70. The first-order chi connectivity index (χ1) is 12.4. The van der Waals surface area contributed by atoms with Crippen molar-refractivity contribution in [1.82, 2.24) is 14.1 Å². The molecule has 0 N–H and O–H groups in total. The van der Waals surface area contributed by atoms with Gasteiger partial charge in [-0.1, -0.05) is 17.7 Å². The van der Waals surface area contributed by atoms with Gasteiger partial charge in [0.25, 0.3) is 0 Å². The van der Waals surface area contributed by atoms with Gasteiger partial charge in [-0.25, -0.2) is 8.42 Å². The smallest absolute Gasteiger partial charge is 0.243 e. The van der Waals surface area contributed by atoms with Crippen LogP contribution < -0.4 is 0 Å². The summed E-state index contributed by atoms with van der Waals surface area (Å²) in [5.41, 5.74) is 1.99. The topological polar surface area (TPSA) is 64.4 Å². The summed E-state index contributed by atoms with van der Waals surface area (Å²) in [5.74, 6) is 0.743. The fraction of sp³-hybridized carbons (Fsp3) is 0.526. The van der Waals surface area contributed by atoms with E-state index in [0.29, 0.717) is 18.0 Å². The molecule has 2 aromatic rings. The molecule has 1 aromatic carbocycles. The molecule has 1 aliphatic carbocycles. The van der Waals surface area contributed by atoms with Gasteiger partial charge in [-0.2, -0.15) is 9.40 Å². The van der Waals surface area contributed by atoms with Gasteiger partial charge >= 0.3 is 0 Å². The first-order valence-electron chi connectivity index (χ1n) is 9.16. The van der Waals surface area contributed by atoms with E-state index in [9.17, 15) is 8.42 Å².